The van der Waals surface area contributed by atoms with Crippen LogP contribution in [0.1, 0.15) is 6.92 Å². The van der Waals surface area contributed by atoms with E-state index in [-0.39, 0.29) is 10.9 Å². The van der Waals surface area contributed by atoms with E-state index >= 15 is 0 Å². The fourth-order valence-electron chi connectivity index (χ4n) is 1.95. The van der Waals surface area contributed by atoms with Crippen molar-refractivity contribution in [1.82, 2.24) is 9.62 Å². The van der Waals surface area contributed by atoms with Crippen LogP contribution in [0, 0.1) is 0 Å². The quantitative estimate of drug-likeness (QED) is 0.885. The minimum absolute atomic E-state index is 0.0433. The fraction of sp³-hybridized carbons (Fsp3) is 0.455. The molecule has 1 aromatic rings. The Morgan fingerprint density at radius 3 is 2.83 bits per heavy atom. The number of hydrogen-bond donors (Lipinski definition) is 1. The van der Waals surface area contributed by atoms with Crippen LogP contribution in [0.25, 0.3) is 0 Å². The molecule has 0 aromatic heterocycles. The van der Waals surface area contributed by atoms with Crippen LogP contribution in [0.4, 0.5) is 0 Å². The Balaban J connectivity index is 2.37. The zero-order chi connectivity index (χ0) is 13.3. The molecule has 1 aliphatic heterocycles. The van der Waals surface area contributed by atoms with Crippen LogP contribution < -0.4 is 5.32 Å². The molecule has 7 heteroatoms. The van der Waals surface area contributed by atoms with Crippen molar-refractivity contribution in [2.45, 2.75) is 17.9 Å². The Hall–Kier alpha value is -0.140. The van der Waals surface area contributed by atoms with Gasteiger partial charge in [-0.05, 0) is 41.1 Å². The van der Waals surface area contributed by atoms with Gasteiger partial charge in [0.1, 0.15) is 0 Å². The third-order valence-electron chi connectivity index (χ3n) is 2.94. The second kappa shape index (κ2) is 5.46. The maximum atomic E-state index is 12.5. The predicted octanol–water partition coefficient (Wildman–Crippen LogP) is 2.08. The number of piperazine rings is 1. The summed E-state index contributed by atoms with van der Waals surface area (Å²) < 4.78 is 27.1. The molecule has 1 aromatic carbocycles. The molecule has 1 atom stereocenters. The molecule has 4 nitrogen and oxygen atoms in total. The van der Waals surface area contributed by atoms with Crippen molar-refractivity contribution in [3.63, 3.8) is 0 Å². The molecule has 1 fully saturated rings. The SMILES string of the molecule is CC1CNCCN1S(=O)(=O)c1ccc(Cl)c(Br)c1. The third kappa shape index (κ3) is 2.72. The van der Waals surface area contributed by atoms with Crippen molar-refractivity contribution in [2.24, 2.45) is 0 Å². The standard InChI is InChI=1S/C11H14BrClN2O2S/c1-8-7-14-4-5-15(8)18(16,17)9-2-3-11(13)10(12)6-9/h2-3,6,8,14H,4-5,7H2,1H3. The van der Waals surface area contributed by atoms with Crippen molar-refractivity contribution < 1.29 is 8.42 Å². The highest BCUT2D eigenvalue weighted by Gasteiger charge is 2.31. The summed E-state index contributed by atoms with van der Waals surface area (Å²) in [7, 11) is -3.45. The van der Waals surface area contributed by atoms with E-state index in [9.17, 15) is 8.42 Å². The summed E-state index contributed by atoms with van der Waals surface area (Å²) >= 11 is 9.13. The highest BCUT2D eigenvalue weighted by atomic mass is 79.9. The molecule has 0 radical (unpaired) electrons. The lowest BCUT2D eigenvalue weighted by molar-refractivity contribution is 0.284. The molecule has 1 N–H and O–H groups in total. The Bertz CT molecular complexity index is 550. The van der Waals surface area contributed by atoms with Gasteiger partial charge in [-0.1, -0.05) is 11.6 Å². The average Bonchev–Trinajstić information content (AvgIpc) is 2.33. The van der Waals surface area contributed by atoms with Crippen molar-refractivity contribution >= 4 is 37.6 Å². The van der Waals surface area contributed by atoms with Crippen molar-refractivity contribution in [3.05, 3.63) is 27.7 Å². The van der Waals surface area contributed by atoms with Crippen LogP contribution in [0.5, 0.6) is 0 Å². The second-order valence-corrected chi connectivity index (χ2v) is 7.40. The van der Waals surface area contributed by atoms with Gasteiger partial charge in [-0.2, -0.15) is 4.31 Å². The fourth-order valence-corrected chi connectivity index (χ4v) is 4.26. The third-order valence-corrected chi connectivity index (χ3v) is 6.16. The maximum Gasteiger partial charge on any atom is 0.243 e. The average molecular weight is 354 g/mol. The summed E-state index contributed by atoms with van der Waals surface area (Å²) in [6.07, 6.45) is 0. The predicted molar refractivity (Wildman–Crippen MR) is 75.4 cm³/mol. The topological polar surface area (TPSA) is 49.4 Å². The molecular weight excluding hydrogens is 340 g/mol. The summed E-state index contributed by atoms with van der Waals surface area (Å²) in [5, 5.41) is 3.67. The lowest BCUT2D eigenvalue weighted by Gasteiger charge is -2.32. The molecule has 0 spiro atoms. The first-order valence-electron chi connectivity index (χ1n) is 5.60. The Labute approximate surface area is 120 Å². The van der Waals surface area contributed by atoms with Crippen molar-refractivity contribution in [1.29, 1.82) is 0 Å². The molecule has 1 unspecified atom stereocenters. The smallest absolute Gasteiger partial charge is 0.243 e. The Morgan fingerprint density at radius 2 is 2.22 bits per heavy atom. The number of sulfonamides is 1. The normalized spacial score (nSPS) is 22.1. The zero-order valence-corrected chi connectivity index (χ0v) is 13.0. The molecule has 0 aliphatic carbocycles. The van der Waals surface area contributed by atoms with Crippen LogP contribution in [0.3, 0.4) is 0 Å². The number of halogens is 2. The largest absolute Gasteiger partial charge is 0.314 e. The van der Waals surface area contributed by atoms with E-state index in [4.69, 9.17) is 11.6 Å². The number of nitrogens with zero attached hydrogens (tertiary/aromatic N) is 1. The first-order valence-corrected chi connectivity index (χ1v) is 8.21. The van der Waals surface area contributed by atoms with Gasteiger partial charge in [-0.15, -0.1) is 0 Å². The van der Waals surface area contributed by atoms with E-state index in [1.165, 1.54) is 10.4 Å². The Kier molecular flexibility index (Phi) is 4.33. The van der Waals surface area contributed by atoms with Gasteiger partial charge in [0.05, 0.1) is 9.92 Å². The van der Waals surface area contributed by atoms with Gasteiger partial charge in [0.25, 0.3) is 0 Å². The molecule has 1 heterocycles. The highest BCUT2D eigenvalue weighted by molar-refractivity contribution is 9.10. The van der Waals surface area contributed by atoms with Gasteiger partial charge in [-0.3, -0.25) is 0 Å². The van der Waals surface area contributed by atoms with E-state index in [0.29, 0.717) is 29.1 Å². The van der Waals surface area contributed by atoms with E-state index in [0.717, 1.165) is 0 Å². The van der Waals surface area contributed by atoms with E-state index < -0.39 is 10.0 Å². The molecule has 0 amide bonds. The summed E-state index contributed by atoms with van der Waals surface area (Å²) in [4.78, 5) is 0.271. The van der Waals surface area contributed by atoms with Gasteiger partial charge in [-0.25, -0.2) is 8.42 Å². The van der Waals surface area contributed by atoms with E-state index in [1.807, 2.05) is 6.92 Å². The summed E-state index contributed by atoms with van der Waals surface area (Å²) in [5.74, 6) is 0. The first kappa shape index (κ1) is 14.3. The molecule has 2 rings (SSSR count). The van der Waals surface area contributed by atoms with Gasteiger partial charge in [0.2, 0.25) is 10.0 Å². The van der Waals surface area contributed by atoms with Gasteiger partial charge < -0.3 is 5.32 Å². The monoisotopic (exact) mass is 352 g/mol. The number of rotatable bonds is 2. The van der Waals surface area contributed by atoms with Gasteiger partial charge >= 0.3 is 0 Å². The summed E-state index contributed by atoms with van der Waals surface area (Å²) in [6, 6.07) is 4.63. The van der Waals surface area contributed by atoms with Crippen LogP contribution in [0.15, 0.2) is 27.6 Å². The lowest BCUT2D eigenvalue weighted by Crippen LogP contribution is -2.52. The van der Waals surface area contributed by atoms with E-state index in [2.05, 4.69) is 21.2 Å². The molecule has 1 saturated heterocycles. The van der Waals surface area contributed by atoms with Crippen LogP contribution >= 0.6 is 27.5 Å². The molecule has 18 heavy (non-hydrogen) atoms. The minimum Gasteiger partial charge on any atom is -0.314 e. The summed E-state index contributed by atoms with van der Waals surface area (Å²) in [5.41, 5.74) is 0. The number of nitrogens with one attached hydrogen (secondary N) is 1. The summed E-state index contributed by atoms with van der Waals surface area (Å²) in [6.45, 7) is 3.74. The van der Waals surface area contributed by atoms with Crippen LogP contribution in [-0.4, -0.2) is 38.4 Å². The van der Waals surface area contributed by atoms with Crippen LogP contribution in [-0.2, 0) is 10.0 Å². The number of hydrogen-bond acceptors (Lipinski definition) is 3. The number of benzene rings is 1. The van der Waals surface area contributed by atoms with Gasteiger partial charge in [0.15, 0.2) is 0 Å². The van der Waals surface area contributed by atoms with Crippen molar-refractivity contribution in [3.8, 4) is 0 Å². The van der Waals surface area contributed by atoms with E-state index in [1.54, 1.807) is 12.1 Å². The second-order valence-electron chi connectivity index (χ2n) is 4.24. The minimum atomic E-state index is -3.45. The van der Waals surface area contributed by atoms with Gasteiger partial charge in [0, 0.05) is 30.1 Å². The molecule has 100 valence electrons. The highest BCUT2D eigenvalue weighted by Crippen LogP contribution is 2.27. The first-order chi connectivity index (χ1) is 8.43. The zero-order valence-electron chi connectivity index (χ0n) is 9.86. The molecular formula is C11H14BrClN2O2S. The lowest BCUT2D eigenvalue weighted by atomic mass is 10.3. The molecule has 1 aliphatic rings. The molecule has 0 saturated carbocycles. The van der Waals surface area contributed by atoms with Crippen LogP contribution in [0.2, 0.25) is 5.02 Å². The van der Waals surface area contributed by atoms with Crippen molar-refractivity contribution in [2.75, 3.05) is 19.6 Å². The maximum absolute atomic E-state index is 12.5. The Morgan fingerprint density at radius 1 is 1.50 bits per heavy atom. The molecule has 0 bridgehead atoms.